The van der Waals surface area contributed by atoms with Gasteiger partial charge in [-0.15, -0.1) is 0 Å². The van der Waals surface area contributed by atoms with E-state index in [0.29, 0.717) is 16.5 Å². The van der Waals surface area contributed by atoms with Gasteiger partial charge in [0.15, 0.2) is 9.84 Å². The number of rotatable bonds is 7. The molecule has 1 aromatic carbocycles. The minimum atomic E-state index is -3.08. The van der Waals surface area contributed by atoms with Crippen LogP contribution in [-0.2, 0) is 22.1 Å². The molecular weight excluding hydrogens is 422 g/mol. The number of hydrogen-bond acceptors (Lipinski definition) is 4. The summed E-state index contributed by atoms with van der Waals surface area (Å²) in [6.07, 6.45) is 9.31. The van der Waals surface area contributed by atoms with E-state index in [4.69, 9.17) is 11.6 Å². The van der Waals surface area contributed by atoms with E-state index in [0.717, 1.165) is 36.2 Å². The first-order valence-corrected chi connectivity index (χ1v) is 12.2. The number of sulfone groups is 1. The first-order chi connectivity index (χ1) is 14.4. The molecule has 2 saturated carbocycles. The highest BCUT2D eigenvalue weighted by atomic mass is 35.5. The third-order valence-corrected chi connectivity index (χ3v) is 8.25. The first kappa shape index (κ1) is 19.6. The number of hydrogen-bond donors (Lipinski definition) is 0. The lowest BCUT2D eigenvalue weighted by atomic mass is 10.1. The van der Waals surface area contributed by atoms with E-state index in [9.17, 15) is 13.2 Å². The van der Waals surface area contributed by atoms with Crippen molar-refractivity contribution in [3.05, 3.63) is 69.9 Å². The van der Waals surface area contributed by atoms with Crippen LogP contribution in [0.4, 0.5) is 0 Å². The van der Waals surface area contributed by atoms with E-state index in [1.165, 1.54) is 12.8 Å². The molecule has 0 unspecified atom stereocenters. The van der Waals surface area contributed by atoms with Gasteiger partial charge < -0.3 is 4.57 Å². The second-order valence-electron chi connectivity index (χ2n) is 8.32. The molecule has 0 atom stereocenters. The van der Waals surface area contributed by atoms with E-state index in [1.807, 2.05) is 24.5 Å². The molecule has 2 heterocycles. The molecule has 0 radical (unpaired) electrons. The SMILES string of the molecule is O=c1ccc(-n2cc(-c3ccc(CS(=O)(=O)C4CC4)cc3Cl)cn2)cn1CC1CC1. The Kier molecular flexibility index (Phi) is 4.82. The third kappa shape index (κ3) is 4.09. The quantitative estimate of drug-likeness (QED) is 0.556. The Bertz CT molecular complexity index is 1270. The molecule has 0 bridgehead atoms. The third-order valence-electron chi connectivity index (χ3n) is 5.71. The topological polar surface area (TPSA) is 74.0 Å². The predicted octanol–water partition coefficient (Wildman–Crippen LogP) is 3.84. The Morgan fingerprint density at radius 2 is 1.87 bits per heavy atom. The average Bonchev–Trinajstić information content (AvgIpc) is 3.62. The van der Waals surface area contributed by atoms with Gasteiger partial charge in [0, 0.05) is 41.2 Å². The minimum Gasteiger partial charge on any atom is -0.313 e. The van der Waals surface area contributed by atoms with Gasteiger partial charge in [-0.2, -0.15) is 5.10 Å². The molecule has 3 aromatic rings. The zero-order chi connectivity index (χ0) is 20.9. The van der Waals surface area contributed by atoms with Gasteiger partial charge in [0.25, 0.3) is 5.56 Å². The van der Waals surface area contributed by atoms with Crippen LogP contribution in [0.3, 0.4) is 0 Å². The summed E-state index contributed by atoms with van der Waals surface area (Å²) in [7, 11) is -3.08. The van der Waals surface area contributed by atoms with Crippen LogP contribution in [0.2, 0.25) is 5.02 Å². The van der Waals surface area contributed by atoms with E-state index in [2.05, 4.69) is 5.10 Å². The van der Waals surface area contributed by atoms with Crippen molar-refractivity contribution in [2.45, 2.75) is 43.2 Å². The molecule has 2 aromatic heterocycles. The lowest BCUT2D eigenvalue weighted by Crippen LogP contribution is -2.20. The lowest BCUT2D eigenvalue weighted by Gasteiger charge is -2.08. The largest absolute Gasteiger partial charge is 0.313 e. The van der Waals surface area contributed by atoms with Crippen molar-refractivity contribution >= 4 is 21.4 Å². The van der Waals surface area contributed by atoms with E-state index < -0.39 is 9.84 Å². The molecule has 2 aliphatic carbocycles. The fraction of sp³-hybridized carbons (Fsp3) is 0.364. The number of aromatic nitrogens is 3. The second kappa shape index (κ2) is 7.39. The van der Waals surface area contributed by atoms with Crippen LogP contribution in [0.5, 0.6) is 0 Å². The number of nitrogens with zero attached hydrogens (tertiary/aromatic N) is 3. The molecule has 6 nitrogen and oxygen atoms in total. The maximum absolute atomic E-state index is 12.2. The molecule has 2 fully saturated rings. The normalized spacial score (nSPS) is 16.7. The van der Waals surface area contributed by atoms with Crippen LogP contribution in [-0.4, -0.2) is 28.0 Å². The molecule has 8 heteroatoms. The highest BCUT2D eigenvalue weighted by molar-refractivity contribution is 7.91. The molecule has 0 aliphatic heterocycles. The van der Waals surface area contributed by atoms with Crippen LogP contribution < -0.4 is 5.56 Å². The zero-order valence-electron chi connectivity index (χ0n) is 16.4. The summed E-state index contributed by atoms with van der Waals surface area (Å²) in [5.41, 5.74) is 3.14. The Hall–Kier alpha value is -2.38. The fourth-order valence-corrected chi connectivity index (χ4v) is 5.68. The summed E-state index contributed by atoms with van der Waals surface area (Å²) in [6.45, 7) is 0.748. The van der Waals surface area contributed by atoms with E-state index in [-0.39, 0.29) is 16.6 Å². The van der Waals surface area contributed by atoms with Crippen molar-refractivity contribution in [2.75, 3.05) is 0 Å². The number of halogens is 1. The van der Waals surface area contributed by atoms with Gasteiger partial charge >= 0.3 is 0 Å². The summed E-state index contributed by atoms with van der Waals surface area (Å²) in [4.78, 5) is 12.1. The Labute approximate surface area is 180 Å². The second-order valence-corrected chi connectivity index (χ2v) is 11.0. The molecule has 5 rings (SSSR count). The Morgan fingerprint density at radius 3 is 2.57 bits per heavy atom. The Balaban J connectivity index is 1.39. The van der Waals surface area contributed by atoms with Crippen molar-refractivity contribution in [2.24, 2.45) is 5.92 Å². The number of pyridine rings is 1. The molecule has 2 aliphatic rings. The summed E-state index contributed by atoms with van der Waals surface area (Å²) in [5, 5.41) is 4.74. The van der Waals surface area contributed by atoms with Crippen molar-refractivity contribution in [3.8, 4) is 16.8 Å². The maximum atomic E-state index is 12.2. The maximum Gasteiger partial charge on any atom is 0.250 e. The van der Waals surface area contributed by atoms with Gasteiger partial charge in [0.1, 0.15) is 0 Å². The van der Waals surface area contributed by atoms with Crippen LogP contribution in [0, 0.1) is 5.92 Å². The van der Waals surface area contributed by atoms with Gasteiger partial charge in [-0.1, -0.05) is 23.7 Å². The van der Waals surface area contributed by atoms with Crippen molar-refractivity contribution in [3.63, 3.8) is 0 Å². The van der Waals surface area contributed by atoms with E-state index in [1.54, 1.807) is 33.6 Å². The van der Waals surface area contributed by atoms with Crippen LogP contribution in [0.15, 0.2) is 53.7 Å². The monoisotopic (exact) mass is 443 g/mol. The van der Waals surface area contributed by atoms with Gasteiger partial charge in [0.2, 0.25) is 0 Å². The molecule has 30 heavy (non-hydrogen) atoms. The van der Waals surface area contributed by atoms with Crippen molar-refractivity contribution < 1.29 is 8.42 Å². The summed E-state index contributed by atoms with van der Waals surface area (Å²) >= 11 is 6.48. The molecule has 0 spiro atoms. The van der Waals surface area contributed by atoms with Gasteiger partial charge in [-0.05, 0) is 49.3 Å². The molecule has 156 valence electrons. The lowest BCUT2D eigenvalue weighted by molar-refractivity contribution is 0.594. The smallest absolute Gasteiger partial charge is 0.250 e. The highest BCUT2D eigenvalue weighted by Gasteiger charge is 2.35. The summed E-state index contributed by atoms with van der Waals surface area (Å²) in [5.74, 6) is 0.631. The summed E-state index contributed by atoms with van der Waals surface area (Å²) < 4.78 is 27.9. The van der Waals surface area contributed by atoms with E-state index >= 15 is 0 Å². The molecular formula is C22H22ClN3O3S. The predicted molar refractivity (Wildman–Crippen MR) is 117 cm³/mol. The highest BCUT2D eigenvalue weighted by Crippen LogP contribution is 2.34. The van der Waals surface area contributed by atoms with Crippen LogP contribution in [0.1, 0.15) is 31.2 Å². The number of benzene rings is 1. The fourth-order valence-electron chi connectivity index (χ4n) is 3.64. The minimum absolute atomic E-state index is 0.00203. The Morgan fingerprint density at radius 1 is 1.07 bits per heavy atom. The van der Waals surface area contributed by atoms with Crippen LogP contribution in [0.25, 0.3) is 16.8 Å². The molecule has 0 saturated heterocycles. The standard InChI is InChI=1S/C22H22ClN3O3S/c23-21-9-16(14-30(28,29)19-5-6-19)3-7-20(21)17-10-24-26(12-17)18-4-8-22(27)25(13-18)11-15-1-2-15/h3-4,7-10,12-13,15,19H,1-2,5-6,11,14H2. The molecule has 0 amide bonds. The van der Waals surface area contributed by atoms with Crippen molar-refractivity contribution in [1.82, 2.24) is 14.3 Å². The first-order valence-electron chi connectivity index (χ1n) is 10.1. The average molecular weight is 444 g/mol. The van der Waals surface area contributed by atoms with Crippen molar-refractivity contribution in [1.29, 1.82) is 0 Å². The van der Waals surface area contributed by atoms with Crippen LogP contribution >= 0.6 is 11.6 Å². The van der Waals surface area contributed by atoms with Gasteiger partial charge in [0.05, 0.1) is 22.9 Å². The zero-order valence-corrected chi connectivity index (χ0v) is 17.9. The summed E-state index contributed by atoms with van der Waals surface area (Å²) in [6, 6.07) is 8.71. The van der Waals surface area contributed by atoms with Gasteiger partial charge in [-0.25, -0.2) is 13.1 Å². The van der Waals surface area contributed by atoms with Gasteiger partial charge in [-0.3, -0.25) is 4.79 Å². The molecule has 0 N–H and O–H groups in total.